The highest BCUT2D eigenvalue weighted by Crippen LogP contribution is 2.18. The van der Waals surface area contributed by atoms with Gasteiger partial charge in [-0.25, -0.2) is 0 Å². The number of amides is 1. The van der Waals surface area contributed by atoms with Crippen LogP contribution in [0.2, 0.25) is 0 Å². The standard InChI is InChI=1S/C22H43N2O3P/c1-2-3-4-5-6-7-8-9-10-11-12-13-14-15-16-17-22(26)24-18-19-28(27)20-21(23)25/h6-7,9-10,21,25,28H,2-5,8,11-20,23H2,1H3,(H,24,26). The lowest BCUT2D eigenvalue weighted by molar-refractivity contribution is -0.121. The summed E-state index contributed by atoms with van der Waals surface area (Å²) in [6.07, 6.45) is 22.0. The van der Waals surface area contributed by atoms with Crippen molar-refractivity contribution in [2.75, 3.05) is 18.9 Å². The number of aliphatic hydroxyl groups excluding tert-OH is 1. The van der Waals surface area contributed by atoms with E-state index in [-0.39, 0.29) is 12.1 Å². The molecule has 0 radical (unpaired) electrons. The molecule has 164 valence electrons. The van der Waals surface area contributed by atoms with Crippen molar-refractivity contribution in [3.63, 3.8) is 0 Å². The van der Waals surface area contributed by atoms with Crippen molar-refractivity contribution in [3.05, 3.63) is 24.3 Å². The highest BCUT2D eigenvalue weighted by Gasteiger charge is 2.06. The lowest BCUT2D eigenvalue weighted by atomic mass is 10.1. The van der Waals surface area contributed by atoms with E-state index >= 15 is 0 Å². The molecule has 0 rings (SSSR count). The van der Waals surface area contributed by atoms with Gasteiger partial charge in [-0.1, -0.05) is 63.3 Å². The van der Waals surface area contributed by atoms with Crippen molar-refractivity contribution >= 4 is 13.7 Å². The van der Waals surface area contributed by atoms with Crippen LogP contribution in [-0.4, -0.2) is 36.1 Å². The van der Waals surface area contributed by atoms with E-state index in [1.54, 1.807) is 0 Å². The Labute approximate surface area is 173 Å². The first-order valence-corrected chi connectivity index (χ1v) is 12.9. The SMILES string of the molecule is CCCCCC=CCC=CCCCCCCCC(=O)NCC[PH](=O)CC(N)O. The van der Waals surface area contributed by atoms with Crippen molar-refractivity contribution in [2.45, 2.75) is 90.2 Å². The van der Waals surface area contributed by atoms with Gasteiger partial charge in [0.05, 0.1) is 7.80 Å². The molecule has 0 aromatic rings. The summed E-state index contributed by atoms with van der Waals surface area (Å²) in [5.74, 6) is 0.0220. The third kappa shape index (κ3) is 21.4. The minimum Gasteiger partial charge on any atom is -0.378 e. The van der Waals surface area contributed by atoms with E-state index in [9.17, 15) is 9.36 Å². The zero-order valence-corrected chi connectivity index (χ0v) is 18.8. The number of allylic oxidation sites excluding steroid dienone is 4. The van der Waals surface area contributed by atoms with Gasteiger partial charge in [0.2, 0.25) is 5.91 Å². The van der Waals surface area contributed by atoms with Crippen LogP contribution in [0.3, 0.4) is 0 Å². The summed E-state index contributed by atoms with van der Waals surface area (Å²) in [6, 6.07) is 0. The molecular formula is C22H43N2O3P. The van der Waals surface area contributed by atoms with Crippen molar-refractivity contribution in [1.82, 2.24) is 5.32 Å². The monoisotopic (exact) mass is 414 g/mol. The summed E-state index contributed by atoms with van der Waals surface area (Å²) in [6.45, 7) is 2.64. The summed E-state index contributed by atoms with van der Waals surface area (Å²) in [7, 11) is -1.88. The third-order valence-corrected chi connectivity index (χ3v) is 6.20. The van der Waals surface area contributed by atoms with E-state index in [1.807, 2.05) is 0 Å². The van der Waals surface area contributed by atoms with Gasteiger partial charge in [0.25, 0.3) is 0 Å². The van der Waals surface area contributed by atoms with Crippen LogP contribution in [0.5, 0.6) is 0 Å². The Bertz CT molecular complexity index is 451. The predicted molar refractivity (Wildman–Crippen MR) is 121 cm³/mol. The summed E-state index contributed by atoms with van der Waals surface area (Å²) >= 11 is 0. The molecule has 0 spiro atoms. The Kier molecular flexibility index (Phi) is 20.2. The molecule has 0 aliphatic heterocycles. The van der Waals surface area contributed by atoms with Crippen LogP contribution in [-0.2, 0) is 9.36 Å². The number of aliphatic hydroxyl groups is 1. The topological polar surface area (TPSA) is 92.4 Å². The minimum atomic E-state index is -1.88. The first kappa shape index (κ1) is 27.1. The Morgan fingerprint density at radius 2 is 1.61 bits per heavy atom. The summed E-state index contributed by atoms with van der Waals surface area (Å²) < 4.78 is 11.5. The average Bonchev–Trinajstić information content (AvgIpc) is 2.64. The average molecular weight is 415 g/mol. The number of hydrogen-bond acceptors (Lipinski definition) is 4. The van der Waals surface area contributed by atoms with Crippen molar-refractivity contribution in [2.24, 2.45) is 5.73 Å². The molecule has 0 aliphatic rings. The predicted octanol–water partition coefficient (Wildman–Crippen LogP) is 4.75. The van der Waals surface area contributed by atoms with Crippen LogP contribution >= 0.6 is 7.80 Å². The number of unbranched alkanes of at least 4 members (excludes halogenated alkanes) is 8. The minimum absolute atomic E-state index is 0.0220. The molecule has 4 N–H and O–H groups in total. The second kappa shape index (κ2) is 20.8. The third-order valence-electron chi connectivity index (χ3n) is 4.52. The normalized spacial score (nSPS) is 14.0. The van der Waals surface area contributed by atoms with Gasteiger partial charge in [0.15, 0.2) is 0 Å². The van der Waals surface area contributed by atoms with E-state index < -0.39 is 14.0 Å². The number of rotatable bonds is 19. The zero-order valence-electron chi connectivity index (χ0n) is 17.8. The molecule has 0 aliphatic carbocycles. The fraction of sp³-hybridized carbons (Fsp3) is 0.773. The van der Waals surface area contributed by atoms with Gasteiger partial charge in [-0.05, 0) is 38.5 Å². The molecule has 0 fully saturated rings. The molecule has 0 saturated carbocycles. The van der Waals surface area contributed by atoms with E-state index in [1.165, 1.54) is 44.9 Å². The molecule has 0 bridgehead atoms. The van der Waals surface area contributed by atoms with Crippen LogP contribution < -0.4 is 11.1 Å². The van der Waals surface area contributed by atoms with Crippen molar-refractivity contribution in [1.29, 1.82) is 0 Å². The van der Waals surface area contributed by atoms with E-state index in [0.717, 1.165) is 25.7 Å². The van der Waals surface area contributed by atoms with Crippen LogP contribution in [0, 0.1) is 0 Å². The summed E-state index contributed by atoms with van der Waals surface area (Å²) in [5, 5.41) is 11.7. The number of hydrogen-bond donors (Lipinski definition) is 3. The summed E-state index contributed by atoms with van der Waals surface area (Å²) in [4.78, 5) is 11.7. The maximum absolute atomic E-state index is 11.7. The Morgan fingerprint density at radius 3 is 2.25 bits per heavy atom. The van der Waals surface area contributed by atoms with E-state index in [0.29, 0.717) is 19.1 Å². The molecule has 0 aromatic heterocycles. The lowest BCUT2D eigenvalue weighted by Crippen LogP contribution is -2.27. The molecule has 2 atom stereocenters. The molecule has 1 amide bonds. The second-order valence-electron chi connectivity index (χ2n) is 7.39. The van der Waals surface area contributed by atoms with Gasteiger partial charge in [0.1, 0.15) is 6.23 Å². The van der Waals surface area contributed by atoms with Gasteiger partial charge in [0, 0.05) is 25.3 Å². The van der Waals surface area contributed by atoms with Gasteiger partial charge in [-0.2, -0.15) is 0 Å². The molecule has 6 heteroatoms. The van der Waals surface area contributed by atoms with Crippen molar-refractivity contribution in [3.8, 4) is 0 Å². The molecule has 5 nitrogen and oxygen atoms in total. The van der Waals surface area contributed by atoms with Crippen LogP contribution in [0.15, 0.2) is 24.3 Å². The van der Waals surface area contributed by atoms with Gasteiger partial charge in [-0.15, -0.1) is 0 Å². The number of nitrogens with one attached hydrogen (secondary N) is 1. The maximum atomic E-state index is 11.7. The molecule has 2 unspecified atom stereocenters. The maximum Gasteiger partial charge on any atom is 0.220 e. The Morgan fingerprint density at radius 1 is 1.00 bits per heavy atom. The zero-order chi connectivity index (χ0) is 20.9. The number of carbonyl (C=O) groups excluding carboxylic acids is 1. The van der Waals surface area contributed by atoms with Crippen molar-refractivity contribution < 1.29 is 14.5 Å². The van der Waals surface area contributed by atoms with Gasteiger partial charge < -0.3 is 20.7 Å². The molecule has 28 heavy (non-hydrogen) atoms. The molecular weight excluding hydrogens is 371 g/mol. The summed E-state index contributed by atoms with van der Waals surface area (Å²) in [5.41, 5.74) is 5.18. The van der Waals surface area contributed by atoms with Gasteiger partial charge >= 0.3 is 0 Å². The van der Waals surface area contributed by atoms with Crippen LogP contribution in [0.1, 0.15) is 84.0 Å². The van der Waals surface area contributed by atoms with Gasteiger partial charge in [-0.3, -0.25) is 4.79 Å². The largest absolute Gasteiger partial charge is 0.378 e. The smallest absolute Gasteiger partial charge is 0.220 e. The number of nitrogens with two attached hydrogens (primary N) is 1. The second-order valence-corrected chi connectivity index (χ2v) is 9.38. The highest BCUT2D eigenvalue weighted by molar-refractivity contribution is 7.44. The fourth-order valence-corrected chi connectivity index (χ4v) is 3.94. The first-order valence-electron chi connectivity index (χ1n) is 11.1. The van der Waals surface area contributed by atoms with Crippen LogP contribution in [0.4, 0.5) is 0 Å². The quantitative estimate of drug-likeness (QED) is 0.123. The molecule has 0 heterocycles. The Balaban J connectivity index is 3.37. The first-order chi connectivity index (χ1) is 13.6. The molecule has 0 saturated heterocycles. The van der Waals surface area contributed by atoms with Crippen LogP contribution in [0.25, 0.3) is 0 Å². The highest BCUT2D eigenvalue weighted by atomic mass is 31.1. The molecule has 0 aromatic carbocycles. The Hall–Kier alpha value is -0.900. The fourth-order valence-electron chi connectivity index (χ4n) is 2.86. The lowest BCUT2D eigenvalue weighted by Gasteiger charge is -2.07. The van der Waals surface area contributed by atoms with E-state index in [4.69, 9.17) is 10.8 Å². The van der Waals surface area contributed by atoms with E-state index in [2.05, 4.69) is 36.5 Å². The number of carbonyl (C=O) groups is 1.